The average Bonchev–Trinajstić information content (AvgIpc) is 2.99. The molecule has 0 saturated carbocycles. The molecule has 3 aromatic heterocycles. The van der Waals surface area contributed by atoms with Gasteiger partial charge in [0, 0.05) is 4.88 Å². The number of nitrogens with one attached hydrogen (secondary N) is 1. The summed E-state index contributed by atoms with van der Waals surface area (Å²) in [6, 6.07) is 3.14. The molecule has 0 radical (unpaired) electrons. The van der Waals surface area contributed by atoms with E-state index in [0.717, 1.165) is 10.7 Å². The van der Waals surface area contributed by atoms with Gasteiger partial charge in [-0.25, -0.2) is 9.31 Å². The third kappa shape index (κ3) is 2.42. The van der Waals surface area contributed by atoms with E-state index < -0.39 is 5.97 Å². The Morgan fingerprint density at radius 3 is 2.76 bits per heavy atom. The quantitative estimate of drug-likeness (QED) is 0.736. The number of hydrogen-bond acceptors (Lipinski definition) is 8. The van der Waals surface area contributed by atoms with Gasteiger partial charge in [-0.3, -0.25) is 0 Å². The molecule has 0 aliphatic heterocycles. The van der Waals surface area contributed by atoms with Crippen molar-refractivity contribution in [3.63, 3.8) is 0 Å². The molecule has 108 valence electrons. The van der Waals surface area contributed by atoms with Gasteiger partial charge in [0.25, 0.3) is 0 Å². The summed E-state index contributed by atoms with van der Waals surface area (Å²) in [5, 5.41) is 15.0. The standard InChI is InChI=1S/C12H12N6O2S/c1-6-7(2)21-12-14-11(17-18(6)12)13-9-5-4-8(15-16-9)10(19)20-3/h4-5H,1-3H3,(H,13,16,17). The van der Waals surface area contributed by atoms with Gasteiger partial charge in [-0.15, -0.1) is 15.3 Å². The van der Waals surface area contributed by atoms with Crippen LogP contribution in [0.4, 0.5) is 11.8 Å². The summed E-state index contributed by atoms with van der Waals surface area (Å²) in [4.78, 5) is 17.6. The van der Waals surface area contributed by atoms with Crippen molar-refractivity contribution in [3.8, 4) is 0 Å². The van der Waals surface area contributed by atoms with E-state index in [0.29, 0.717) is 11.8 Å². The fraction of sp³-hybridized carbons (Fsp3) is 0.250. The lowest BCUT2D eigenvalue weighted by Crippen LogP contribution is -2.06. The van der Waals surface area contributed by atoms with Crippen LogP contribution in [-0.4, -0.2) is 37.9 Å². The van der Waals surface area contributed by atoms with Gasteiger partial charge in [0.05, 0.1) is 12.8 Å². The van der Waals surface area contributed by atoms with E-state index in [-0.39, 0.29) is 5.69 Å². The average molecular weight is 304 g/mol. The maximum Gasteiger partial charge on any atom is 0.358 e. The maximum absolute atomic E-state index is 11.3. The highest BCUT2D eigenvalue weighted by Gasteiger charge is 2.12. The summed E-state index contributed by atoms with van der Waals surface area (Å²) in [6.07, 6.45) is 0. The first-order valence-electron chi connectivity index (χ1n) is 6.10. The number of aryl methyl sites for hydroxylation is 2. The molecule has 21 heavy (non-hydrogen) atoms. The Bertz CT molecular complexity index is 807. The number of anilines is 2. The minimum Gasteiger partial charge on any atom is -0.464 e. The number of nitrogens with zero attached hydrogens (tertiary/aromatic N) is 5. The summed E-state index contributed by atoms with van der Waals surface area (Å²) in [5.74, 6) is 0.362. The topological polar surface area (TPSA) is 94.3 Å². The van der Waals surface area contributed by atoms with Crippen LogP contribution in [0.5, 0.6) is 0 Å². The largest absolute Gasteiger partial charge is 0.464 e. The molecule has 3 aromatic rings. The highest BCUT2D eigenvalue weighted by molar-refractivity contribution is 7.17. The number of thiazole rings is 1. The zero-order chi connectivity index (χ0) is 15.0. The Labute approximate surface area is 123 Å². The Morgan fingerprint density at radius 2 is 2.14 bits per heavy atom. The number of hydrogen-bond donors (Lipinski definition) is 1. The molecule has 8 nitrogen and oxygen atoms in total. The van der Waals surface area contributed by atoms with Gasteiger partial charge < -0.3 is 10.1 Å². The smallest absolute Gasteiger partial charge is 0.358 e. The number of esters is 1. The molecule has 0 aliphatic carbocycles. The second-order valence-electron chi connectivity index (χ2n) is 4.29. The minimum absolute atomic E-state index is 0.147. The molecule has 3 rings (SSSR count). The molecule has 0 aliphatic rings. The van der Waals surface area contributed by atoms with E-state index >= 15 is 0 Å². The van der Waals surface area contributed by atoms with Crippen LogP contribution in [0.3, 0.4) is 0 Å². The van der Waals surface area contributed by atoms with Crippen molar-refractivity contribution < 1.29 is 9.53 Å². The van der Waals surface area contributed by atoms with Crippen molar-refractivity contribution in [2.45, 2.75) is 13.8 Å². The first-order valence-corrected chi connectivity index (χ1v) is 6.92. The Morgan fingerprint density at radius 1 is 1.33 bits per heavy atom. The van der Waals surface area contributed by atoms with Crippen molar-refractivity contribution in [3.05, 3.63) is 28.4 Å². The minimum atomic E-state index is -0.527. The molecular weight excluding hydrogens is 292 g/mol. The van der Waals surface area contributed by atoms with Crippen molar-refractivity contribution in [2.75, 3.05) is 12.4 Å². The third-order valence-electron chi connectivity index (χ3n) is 2.95. The van der Waals surface area contributed by atoms with Crippen LogP contribution < -0.4 is 5.32 Å². The molecule has 0 bridgehead atoms. The number of carbonyl (C=O) groups excluding carboxylic acids is 1. The third-order valence-corrected chi connectivity index (χ3v) is 4.00. The summed E-state index contributed by atoms with van der Waals surface area (Å²) >= 11 is 1.57. The molecule has 9 heteroatoms. The van der Waals surface area contributed by atoms with Crippen LogP contribution in [0.25, 0.3) is 4.96 Å². The lowest BCUT2D eigenvalue weighted by Gasteiger charge is -2.00. The van der Waals surface area contributed by atoms with E-state index in [2.05, 4.69) is 30.3 Å². The number of ether oxygens (including phenoxy) is 1. The SMILES string of the molecule is COC(=O)c1ccc(Nc2nc3sc(C)c(C)n3n2)nn1. The number of carbonyl (C=O) groups is 1. The molecular formula is C12H12N6O2S. The fourth-order valence-electron chi connectivity index (χ4n) is 1.72. The van der Waals surface area contributed by atoms with Gasteiger partial charge >= 0.3 is 5.97 Å². The molecule has 0 atom stereocenters. The van der Waals surface area contributed by atoms with Crippen LogP contribution in [0, 0.1) is 13.8 Å². The Hall–Kier alpha value is -2.55. The van der Waals surface area contributed by atoms with Crippen LogP contribution in [-0.2, 0) is 4.74 Å². The Kier molecular flexibility index (Phi) is 3.26. The van der Waals surface area contributed by atoms with Crippen molar-refractivity contribution in [2.24, 2.45) is 0 Å². The van der Waals surface area contributed by atoms with Gasteiger partial charge in [0.1, 0.15) is 0 Å². The van der Waals surface area contributed by atoms with Crippen LogP contribution >= 0.6 is 11.3 Å². The molecule has 0 saturated heterocycles. The number of aromatic nitrogens is 5. The van der Waals surface area contributed by atoms with Gasteiger partial charge in [-0.05, 0) is 26.0 Å². The van der Waals surface area contributed by atoms with E-state index in [1.54, 1.807) is 21.9 Å². The molecule has 0 unspecified atom stereocenters. The molecule has 0 fully saturated rings. The highest BCUT2D eigenvalue weighted by atomic mass is 32.1. The second kappa shape index (κ2) is 5.09. The highest BCUT2D eigenvalue weighted by Crippen LogP contribution is 2.22. The lowest BCUT2D eigenvalue weighted by atomic mass is 10.4. The van der Waals surface area contributed by atoms with Crippen molar-refractivity contribution in [1.29, 1.82) is 0 Å². The van der Waals surface area contributed by atoms with Gasteiger partial charge in [-0.2, -0.15) is 4.98 Å². The van der Waals surface area contributed by atoms with E-state index in [1.807, 2.05) is 13.8 Å². The normalized spacial score (nSPS) is 10.8. The van der Waals surface area contributed by atoms with Gasteiger partial charge in [-0.1, -0.05) is 11.3 Å². The second-order valence-corrected chi connectivity index (χ2v) is 5.48. The summed E-state index contributed by atoms with van der Waals surface area (Å²) in [5.41, 5.74) is 1.20. The lowest BCUT2D eigenvalue weighted by molar-refractivity contribution is 0.0593. The predicted molar refractivity (Wildman–Crippen MR) is 77.0 cm³/mol. The monoisotopic (exact) mass is 304 g/mol. The number of rotatable bonds is 3. The van der Waals surface area contributed by atoms with Crippen LogP contribution in [0.1, 0.15) is 21.1 Å². The number of fused-ring (bicyclic) bond motifs is 1. The summed E-state index contributed by atoms with van der Waals surface area (Å²) < 4.78 is 6.34. The fourth-order valence-corrected chi connectivity index (χ4v) is 2.63. The maximum atomic E-state index is 11.3. The molecule has 1 N–H and O–H groups in total. The van der Waals surface area contributed by atoms with Crippen LogP contribution in [0.15, 0.2) is 12.1 Å². The van der Waals surface area contributed by atoms with Gasteiger partial charge in [0.2, 0.25) is 10.9 Å². The molecule has 3 heterocycles. The Balaban J connectivity index is 1.83. The van der Waals surface area contributed by atoms with Gasteiger partial charge in [0.15, 0.2) is 11.5 Å². The van der Waals surface area contributed by atoms with E-state index in [1.165, 1.54) is 18.1 Å². The first kappa shape index (κ1) is 13.4. The van der Waals surface area contributed by atoms with Crippen molar-refractivity contribution in [1.82, 2.24) is 24.8 Å². The first-order chi connectivity index (χ1) is 10.1. The zero-order valence-corrected chi connectivity index (χ0v) is 12.4. The van der Waals surface area contributed by atoms with E-state index in [4.69, 9.17) is 0 Å². The summed E-state index contributed by atoms with van der Waals surface area (Å²) in [6.45, 7) is 4.02. The number of methoxy groups -OCH3 is 1. The molecule has 0 amide bonds. The summed E-state index contributed by atoms with van der Waals surface area (Å²) in [7, 11) is 1.29. The predicted octanol–water partition coefficient (Wildman–Crippen LogP) is 1.73. The van der Waals surface area contributed by atoms with Crippen molar-refractivity contribution >= 4 is 34.0 Å². The molecule has 0 aromatic carbocycles. The van der Waals surface area contributed by atoms with Crippen LogP contribution in [0.2, 0.25) is 0 Å². The molecule has 0 spiro atoms. The zero-order valence-electron chi connectivity index (χ0n) is 11.6. The van der Waals surface area contributed by atoms with E-state index in [9.17, 15) is 4.79 Å².